The van der Waals surface area contributed by atoms with Crippen LogP contribution in [0, 0.1) is 0 Å². The average molecular weight is 302 g/mol. The van der Waals surface area contributed by atoms with Gasteiger partial charge in [-0.25, -0.2) is 0 Å². The van der Waals surface area contributed by atoms with Crippen LogP contribution in [0.2, 0.25) is 0 Å². The molecule has 0 aliphatic carbocycles. The quantitative estimate of drug-likeness (QED) is 0.901. The number of aliphatic hydroxyl groups is 1. The zero-order valence-electron chi connectivity index (χ0n) is 12.9. The largest absolute Gasteiger partial charge is 0.395 e. The normalized spacial score (nSPS) is 18.5. The highest BCUT2D eigenvalue weighted by molar-refractivity contribution is 5.53. The Kier molecular flexibility index (Phi) is 4.82. The maximum absolute atomic E-state index is 8.99. The number of nitrogens with zero attached hydrogens (tertiary/aromatic N) is 4. The third kappa shape index (κ3) is 3.35. The molecule has 1 saturated heterocycles. The van der Waals surface area contributed by atoms with E-state index in [4.69, 9.17) is 9.63 Å². The number of hydrogen-bond donors (Lipinski definition) is 1. The first-order chi connectivity index (χ1) is 10.8. The van der Waals surface area contributed by atoms with Crippen molar-refractivity contribution in [2.45, 2.75) is 13.0 Å². The predicted molar refractivity (Wildman–Crippen MR) is 83.2 cm³/mol. The van der Waals surface area contributed by atoms with E-state index >= 15 is 0 Å². The molecular formula is C16H22N4O2. The lowest BCUT2D eigenvalue weighted by molar-refractivity contribution is 0.0776. The smallest absolute Gasteiger partial charge is 0.244 e. The van der Waals surface area contributed by atoms with Crippen LogP contribution < -0.4 is 0 Å². The Morgan fingerprint density at radius 1 is 1.18 bits per heavy atom. The van der Waals surface area contributed by atoms with Crippen LogP contribution in [0.4, 0.5) is 0 Å². The summed E-state index contributed by atoms with van der Waals surface area (Å²) < 4.78 is 5.45. The summed E-state index contributed by atoms with van der Waals surface area (Å²) in [5.74, 6) is 1.30. The van der Waals surface area contributed by atoms with Gasteiger partial charge in [-0.15, -0.1) is 0 Å². The van der Waals surface area contributed by atoms with Crippen molar-refractivity contribution in [2.75, 3.05) is 39.3 Å². The van der Waals surface area contributed by atoms with Crippen LogP contribution in [0.1, 0.15) is 18.9 Å². The lowest BCUT2D eigenvalue weighted by Crippen LogP contribution is -2.47. The van der Waals surface area contributed by atoms with Gasteiger partial charge in [0.1, 0.15) is 0 Å². The maximum Gasteiger partial charge on any atom is 0.244 e. The molecule has 2 heterocycles. The molecule has 0 radical (unpaired) electrons. The monoisotopic (exact) mass is 302 g/mol. The highest BCUT2D eigenvalue weighted by Crippen LogP contribution is 2.23. The second-order valence-electron chi connectivity index (χ2n) is 5.60. The van der Waals surface area contributed by atoms with Crippen molar-refractivity contribution in [1.82, 2.24) is 19.9 Å². The van der Waals surface area contributed by atoms with Crippen LogP contribution in [-0.4, -0.2) is 64.4 Å². The van der Waals surface area contributed by atoms with Gasteiger partial charge in [0.15, 0.2) is 0 Å². The SMILES string of the molecule is C[C@H](c1nc(-c2ccccc2)no1)N1CCN(CCO)CC1. The number of benzene rings is 1. The Bertz CT molecular complexity index is 579. The fourth-order valence-corrected chi connectivity index (χ4v) is 2.78. The summed E-state index contributed by atoms with van der Waals surface area (Å²) in [6.07, 6.45) is 0. The zero-order valence-corrected chi connectivity index (χ0v) is 12.9. The first-order valence-electron chi connectivity index (χ1n) is 7.74. The van der Waals surface area contributed by atoms with Crippen LogP contribution in [0.25, 0.3) is 11.4 Å². The molecule has 118 valence electrons. The van der Waals surface area contributed by atoms with E-state index in [9.17, 15) is 0 Å². The van der Waals surface area contributed by atoms with Gasteiger partial charge in [0.25, 0.3) is 0 Å². The number of β-amino-alcohol motifs (C(OH)–C–C–N with tert-alkyl or cyclic N) is 1. The summed E-state index contributed by atoms with van der Waals surface area (Å²) in [7, 11) is 0. The number of aromatic nitrogens is 2. The van der Waals surface area contributed by atoms with Crippen LogP contribution in [0.3, 0.4) is 0 Å². The molecule has 1 aliphatic rings. The Morgan fingerprint density at radius 3 is 2.59 bits per heavy atom. The van der Waals surface area contributed by atoms with Gasteiger partial charge in [-0.3, -0.25) is 9.80 Å². The molecule has 1 aromatic heterocycles. The summed E-state index contributed by atoms with van der Waals surface area (Å²) in [4.78, 5) is 9.15. The zero-order chi connectivity index (χ0) is 15.4. The van der Waals surface area contributed by atoms with Gasteiger partial charge in [0, 0.05) is 38.3 Å². The van der Waals surface area contributed by atoms with E-state index in [1.165, 1.54) is 0 Å². The van der Waals surface area contributed by atoms with E-state index in [2.05, 4.69) is 26.9 Å². The van der Waals surface area contributed by atoms with Crippen molar-refractivity contribution in [3.8, 4) is 11.4 Å². The minimum Gasteiger partial charge on any atom is -0.395 e. The van der Waals surface area contributed by atoms with Gasteiger partial charge >= 0.3 is 0 Å². The van der Waals surface area contributed by atoms with Crippen LogP contribution in [0.5, 0.6) is 0 Å². The van der Waals surface area contributed by atoms with E-state index in [0.717, 1.165) is 38.3 Å². The fraction of sp³-hybridized carbons (Fsp3) is 0.500. The Morgan fingerprint density at radius 2 is 1.91 bits per heavy atom. The summed E-state index contributed by atoms with van der Waals surface area (Å²) in [5, 5.41) is 13.1. The lowest BCUT2D eigenvalue weighted by atomic mass is 10.2. The summed E-state index contributed by atoms with van der Waals surface area (Å²) >= 11 is 0. The van der Waals surface area contributed by atoms with Gasteiger partial charge in [0.05, 0.1) is 12.6 Å². The fourth-order valence-electron chi connectivity index (χ4n) is 2.78. The van der Waals surface area contributed by atoms with Crippen molar-refractivity contribution in [3.05, 3.63) is 36.2 Å². The Balaban J connectivity index is 1.64. The van der Waals surface area contributed by atoms with Gasteiger partial charge in [-0.1, -0.05) is 35.5 Å². The van der Waals surface area contributed by atoms with E-state index in [0.29, 0.717) is 11.7 Å². The van der Waals surface area contributed by atoms with Crippen molar-refractivity contribution >= 4 is 0 Å². The molecule has 6 nitrogen and oxygen atoms in total. The third-order valence-corrected chi connectivity index (χ3v) is 4.20. The molecule has 0 unspecified atom stereocenters. The molecular weight excluding hydrogens is 280 g/mol. The van der Waals surface area contributed by atoms with Gasteiger partial charge in [-0.2, -0.15) is 4.98 Å². The van der Waals surface area contributed by atoms with E-state index in [1.54, 1.807) is 0 Å². The van der Waals surface area contributed by atoms with Gasteiger partial charge < -0.3 is 9.63 Å². The number of rotatable bonds is 5. The Hall–Kier alpha value is -1.76. The topological polar surface area (TPSA) is 65.6 Å². The van der Waals surface area contributed by atoms with E-state index in [-0.39, 0.29) is 12.6 Å². The van der Waals surface area contributed by atoms with Crippen molar-refractivity contribution in [1.29, 1.82) is 0 Å². The van der Waals surface area contributed by atoms with E-state index in [1.807, 2.05) is 30.3 Å². The first-order valence-corrected chi connectivity index (χ1v) is 7.74. The third-order valence-electron chi connectivity index (χ3n) is 4.20. The lowest BCUT2D eigenvalue weighted by Gasteiger charge is -2.36. The van der Waals surface area contributed by atoms with E-state index < -0.39 is 0 Å². The van der Waals surface area contributed by atoms with Crippen LogP contribution in [0.15, 0.2) is 34.9 Å². The molecule has 1 aromatic carbocycles. The number of aliphatic hydroxyl groups excluding tert-OH is 1. The Labute approximate surface area is 130 Å². The molecule has 1 aliphatic heterocycles. The molecule has 3 rings (SSSR count). The summed E-state index contributed by atoms with van der Waals surface area (Å²) in [6.45, 7) is 6.90. The highest BCUT2D eigenvalue weighted by atomic mass is 16.5. The highest BCUT2D eigenvalue weighted by Gasteiger charge is 2.25. The molecule has 0 amide bonds. The molecule has 1 N–H and O–H groups in total. The molecule has 1 fully saturated rings. The van der Waals surface area contributed by atoms with Crippen LogP contribution >= 0.6 is 0 Å². The average Bonchev–Trinajstić information content (AvgIpc) is 3.06. The van der Waals surface area contributed by atoms with Crippen molar-refractivity contribution in [3.63, 3.8) is 0 Å². The number of hydrogen-bond acceptors (Lipinski definition) is 6. The van der Waals surface area contributed by atoms with Crippen molar-refractivity contribution < 1.29 is 9.63 Å². The minimum absolute atomic E-state index is 0.112. The second kappa shape index (κ2) is 7.00. The van der Waals surface area contributed by atoms with Crippen molar-refractivity contribution in [2.24, 2.45) is 0 Å². The summed E-state index contributed by atoms with van der Waals surface area (Å²) in [6, 6.07) is 9.98. The second-order valence-corrected chi connectivity index (χ2v) is 5.60. The van der Waals surface area contributed by atoms with Gasteiger partial charge in [0.2, 0.25) is 11.7 Å². The van der Waals surface area contributed by atoms with Gasteiger partial charge in [-0.05, 0) is 6.92 Å². The number of piperazine rings is 1. The van der Waals surface area contributed by atoms with Crippen LogP contribution in [-0.2, 0) is 0 Å². The molecule has 0 spiro atoms. The molecule has 6 heteroatoms. The molecule has 22 heavy (non-hydrogen) atoms. The molecule has 2 aromatic rings. The predicted octanol–water partition coefficient (Wildman–Crippen LogP) is 1.41. The minimum atomic E-state index is 0.112. The summed E-state index contributed by atoms with van der Waals surface area (Å²) in [5.41, 5.74) is 0.970. The first kappa shape index (κ1) is 15.1. The molecule has 1 atom stereocenters. The maximum atomic E-state index is 8.99. The molecule has 0 saturated carbocycles. The molecule has 0 bridgehead atoms. The standard InChI is InChI=1S/C16H22N4O2/c1-13(20-9-7-19(8-10-20)11-12-21)16-17-15(18-22-16)14-5-3-2-4-6-14/h2-6,13,21H,7-12H2,1H3/t13-/m1/s1.